The standard InChI is InChI=1S/C11H16FNO2S/c1-8-4-3-5-9(11(8)12)10(13)6-7-16(2,14)15/h3-5,10H,6-7,13H2,1-2H3. The molecule has 1 atom stereocenters. The molecule has 0 saturated carbocycles. The maximum absolute atomic E-state index is 13.6. The lowest BCUT2D eigenvalue weighted by molar-refractivity contribution is 0.561. The Morgan fingerprint density at radius 2 is 2.06 bits per heavy atom. The fourth-order valence-electron chi connectivity index (χ4n) is 1.45. The Balaban J connectivity index is 2.81. The summed E-state index contributed by atoms with van der Waals surface area (Å²) >= 11 is 0. The van der Waals surface area contributed by atoms with E-state index in [1.807, 2.05) is 0 Å². The maximum atomic E-state index is 13.6. The molecule has 90 valence electrons. The summed E-state index contributed by atoms with van der Waals surface area (Å²) in [6.45, 7) is 1.65. The van der Waals surface area contributed by atoms with Crippen molar-refractivity contribution >= 4 is 9.84 Å². The number of hydrogen-bond donors (Lipinski definition) is 1. The summed E-state index contributed by atoms with van der Waals surface area (Å²) in [5.74, 6) is -0.370. The van der Waals surface area contributed by atoms with Crippen LogP contribution in [0.3, 0.4) is 0 Å². The topological polar surface area (TPSA) is 60.2 Å². The minimum absolute atomic E-state index is 0.0262. The van der Waals surface area contributed by atoms with Crippen molar-refractivity contribution in [2.45, 2.75) is 19.4 Å². The second kappa shape index (κ2) is 4.93. The molecule has 0 radical (unpaired) electrons. The van der Waals surface area contributed by atoms with Crippen LogP contribution in [0.4, 0.5) is 4.39 Å². The molecule has 1 unspecified atom stereocenters. The van der Waals surface area contributed by atoms with Crippen molar-refractivity contribution in [2.24, 2.45) is 5.73 Å². The van der Waals surface area contributed by atoms with Crippen molar-refractivity contribution in [3.05, 3.63) is 35.1 Å². The fourth-order valence-corrected chi connectivity index (χ4v) is 2.14. The highest BCUT2D eigenvalue weighted by Gasteiger charge is 2.14. The first kappa shape index (κ1) is 13.1. The van der Waals surface area contributed by atoms with E-state index in [2.05, 4.69) is 0 Å². The molecular weight excluding hydrogens is 229 g/mol. The lowest BCUT2D eigenvalue weighted by atomic mass is 10.0. The van der Waals surface area contributed by atoms with Gasteiger partial charge in [0, 0.05) is 17.9 Å². The second-order valence-electron chi connectivity index (χ2n) is 4.00. The maximum Gasteiger partial charge on any atom is 0.147 e. The van der Waals surface area contributed by atoms with Gasteiger partial charge in [-0.2, -0.15) is 0 Å². The summed E-state index contributed by atoms with van der Waals surface area (Å²) in [6, 6.07) is 4.39. The molecule has 0 aromatic heterocycles. The second-order valence-corrected chi connectivity index (χ2v) is 6.26. The highest BCUT2D eigenvalue weighted by atomic mass is 32.2. The largest absolute Gasteiger partial charge is 0.324 e. The van der Waals surface area contributed by atoms with Crippen LogP contribution >= 0.6 is 0 Å². The lowest BCUT2D eigenvalue weighted by Crippen LogP contribution is -2.17. The third-order valence-corrected chi connectivity index (χ3v) is 3.40. The van der Waals surface area contributed by atoms with Gasteiger partial charge < -0.3 is 5.73 Å². The highest BCUT2D eigenvalue weighted by Crippen LogP contribution is 2.20. The summed E-state index contributed by atoms with van der Waals surface area (Å²) in [7, 11) is -3.05. The van der Waals surface area contributed by atoms with Gasteiger partial charge in [0.1, 0.15) is 15.7 Å². The smallest absolute Gasteiger partial charge is 0.147 e. The molecule has 0 aliphatic rings. The van der Waals surface area contributed by atoms with Crippen LogP contribution in [0.15, 0.2) is 18.2 Å². The Morgan fingerprint density at radius 3 is 2.62 bits per heavy atom. The average Bonchev–Trinajstić information content (AvgIpc) is 2.17. The quantitative estimate of drug-likeness (QED) is 0.876. The first-order valence-electron chi connectivity index (χ1n) is 4.99. The lowest BCUT2D eigenvalue weighted by Gasteiger charge is -2.13. The number of benzene rings is 1. The van der Waals surface area contributed by atoms with E-state index in [1.165, 1.54) is 0 Å². The Bertz CT molecular complexity index is 471. The molecule has 0 heterocycles. The first-order valence-corrected chi connectivity index (χ1v) is 7.05. The summed E-state index contributed by atoms with van der Waals surface area (Å²) < 4.78 is 35.6. The molecule has 3 nitrogen and oxygen atoms in total. The molecule has 0 saturated heterocycles. The third kappa shape index (κ3) is 3.57. The zero-order chi connectivity index (χ0) is 12.3. The summed E-state index contributed by atoms with van der Waals surface area (Å²) in [4.78, 5) is 0. The summed E-state index contributed by atoms with van der Waals surface area (Å²) in [5, 5.41) is 0. The Labute approximate surface area is 95.4 Å². The van der Waals surface area contributed by atoms with E-state index in [0.717, 1.165) is 6.26 Å². The Morgan fingerprint density at radius 1 is 1.44 bits per heavy atom. The zero-order valence-corrected chi connectivity index (χ0v) is 10.2. The van der Waals surface area contributed by atoms with Crippen molar-refractivity contribution in [3.8, 4) is 0 Å². The number of sulfone groups is 1. The molecule has 1 aromatic carbocycles. The minimum Gasteiger partial charge on any atom is -0.324 e. The van der Waals surface area contributed by atoms with Crippen LogP contribution in [-0.4, -0.2) is 20.4 Å². The molecular formula is C11H16FNO2S. The molecule has 0 amide bonds. The van der Waals surface area contributed by atoms with Crippen molar-refractivity contribution < 1.29 is 12.8 Å². The van der Waals surface area contributed by atoms with Gasteiger partial charge in [-0.15, -0.1) is 0 Å². The van der Waals surface area contributed by atoms with Gasteiger partial charge in [-0.3, -0.25) is 0 Å². The Hall–Kier alpha value is -0.940. The molecule has 0 spiro atoms. The first-order chi connectivity index (χ1) is 7.31. The number of aryl methyl sites for hydroxylation is 1. The van der Waals surface area contributed by atoms with Gasteiger partial charge in [-0.25, -0.2) is 12.8 Å². The molecule has 1 rings (SSSR count). The van der Waals surface area contributed by atoms with E-state index < -0.39 is 15.9 Å². The molecule has 16 heavy (non-hydrogen) atoms. The monoisotopic (exact) mass is 245 g/mol. The van der Waals surface area contributed by atoms with Gasteiger partial charge in [0.2, 0.25) is 0 Å². The Kier molecular flexibility index (Phi) is 4.04. The number of nitrogens with two attached hydrogens (primary N) is 1. The van der Waals surface area contributed by atoms with Crippen LogP contribution in [0.1, 0.15) is 23.6 Å². The van der Waals surface area contributed by atoms with Crippen LogP contribution in [0.2, 0.25) is 0 Å². The van der Waals surface area contributed by atoms with Crippen molar-refractivity contribution in [3.63, 3.8) is 0 Å². The SMILES string of the molecule is Cc1cccc(C(N)CCS(C)(=O)=O)c1F. The van der Waals surface area contributed by atoms with E-state index in [1.54, 1.807) is 25.1 Å². The molecule has 0 aliphatic carbocycles. The average molecular weight is 245 g/mol. The normalized spacial score (nSPS) is 13.8. The van der Waals surface area contributed by atoms with E-state index in [0.29, 0.717) is 11.1 Å². The molecule has 1 aromatic rings. The van der Waals surface area contributed by atoms with E-state index in [4.69, 9.17) is 5.73 Å². The van der Waals surface area contributed by atoms with E-state index in [9.17, 15) is 12.8 Å². The van der Waals surface area contributed by atoms with Gasteiger partial charge in [0.25, 0.3) is 0 Å². The van der Waals surface area contributed by atoms with Gasteiger partial charge in [-0.1, -0.05) is 18.2 Å². The van der Waals surface area contributed by atoms with Gasteiger partial charge >= 0.3 is 0 Å². The van der Waals surface area contributed by atoms with E-state index in [-0.39, 0.29) is 18.0 Å². The number of halogens is 1. The van der Waals surface area contributed by atoms with Crippen LogP contribution < -0.4 is 5.73 Å². The predicted octanol–water partition coefficient (Wildman–Crippen LogP) is 1.57. The summed E-state index contributed by atoms with van der Waals surface area (Å²) in [5.41, 5.74) is 6.67. The van der Waals surface area contributed by atoms with Gasteiger partial charge in [-0.05, 0) is 18.9 Å². The van der Waals surface area contributed by atoms with Crippen LogP contribution in [0.5, 0.6) is 0 Å². The van der Waals surface area contributed by atoms with Crippen molar-refractivity contribution in [1.29, 1.82) is 0 Å². The number of rotatable bonds is 4. The minimum atomic E-state index is -3.05. The predicted molar refractivity (Wildman–Crippen MR) is 62.4 cm³/mol. The molecule has 0 aliphatic heterocycles. The van der Waals surface area contributed by atoms with Crippen LogP contribution in [0, 0.1) is 12.7 Å². The summed E-state index contributed by atoms with van der Waals surface area (Å²) in [6.07, 6.45) is 1.38. The molecule has 2 N–H and O–H groups in total. The molecule has 0 fully saturated rings. The fraction of sp³-hybridized carbons (Fsp3) is 0.455. The van der Waals surface area contributed by atoms with Crippen LogP contribution in [-0.2, 0) is 9.84 Å². The third-order valence-electron chi connectivity index (χ3n) is 2.42. The zero-order valence-electron chi connectivity index (χ0n) is 9.40. The van der Waals surface area contributed by atoms with E-state index >= 15 is 0 Å². The van der Waals surface area contributed by atoms with Gasteiger partial charge in [0.05, 0.1) is 5.75 Å². The van der Waals surface area contributed by atoms with Crippen molar-refractivity contribution in [2.75, 3.05) is 12.0 Å². The molecule has 0 bridgehead atoms. The highest BCUT2D eigenvalue weighted by molar-refractivity contribution is 7.90. The van der Waals surface area contributed by atoms with Crippen LogP contribution in [0.25, 0.3) is 0 Å². The number of hydrogen-bond acceptors (Lipinski definition) is 3. The van der Waals surface area contributed by atoms with Crippen molar-refractivity contribution in [1.82, 2.24) is 0 Å². The molecule has 5 heteroatoms. The van der Waals surface area contributed by atoms with Gasteiger partial charge in [0.15, 0.2) is 0 Å².